The Labute approximate surface area is 174 Å². The van der Waals surface area contributed by atoms with E-state index in [9.17, 15) is 8.42 Å². The van der Waals surface area contributed by atoms with E-state index in [2.05, 4.69) is 28.8 Å². The molecule has 0 spiro atoms. The van der Waals surface area contributed by atoms with Crippen molar-refractivity contribution in [3.05, 3.63) is 58.6 Å². The van der Waals surface area contributed by atoms with Gasteiger partial charge in [-0.1, -0.05) is 23.8 Å². The summed E-state index contributed by atoms with van der Waals surface area (Å²) in [6.45, 7) is 5.19. The Bertz CT molecular complexity index is 1140. The van der Waals surface area contributed by atoms with Crippen molar-refractivity contribution in [2.24, 2.45) is 0 Å². The van der Waals surface area contributed by atoms with E-state index in [0.717, 1.165) is 21.1 Å². The topological polar surface area (TPSA) is 77.5 Å². The highest BCUT2D eigenvalue weighted by atomic mass is 32.2. The number of aryl methyl sites for hydroxylation is 2. The van der Waals surface area contributed by atoms with E-state index in [0.29, 0.717) is 37.7 Å². The van der Waals surface area contributed by atoms with Crippen LogP contribution in [0.25, 0.3) is 10.6 Å². The molecule has 1 aliphatic rings. The first-order valence-corrected chi connectivity index (χ1v) is 11.6. The predicted octanol–water partition coefficient (Wildman–Crippen LogP) is 3.72. The lowest BCUT2D eigenvalue weighted by atomic mass is 10.1. The predicted molar refractivity (Wildman–Crippen MR) is 113 cm³/mol. The molecule has 2 aromatic carbocycles. The van der Waals surface area contributed by atoms with Crippen LogP contribution in [0.3, 0.4) is 0 Å². The van der Waals surface area contributed by atoms with E-state index < -0.39 is 10.0 Å². The van der Waals surface area contributed by atoms with Crippen molar-refractivity contribution < 1.29 is 17.9 Å². The maximum Gasteiger partial charge on any atom is 0.240 e. The van der Waals surface area contributed by atoms with Gasteiger partial charge in [-0.25, -0.2) is 18.1 Å². The van der Waals surface area contributed by atoms with Gasteiger partial charge in [0.25, 0.3) is 0 Å². The van der Waals surface area contributed by atoms with Gasteiger partial charge >= 0.3 is 0 Å². The molecular weight excluding hydrogens is 408 g/mol. The van der Waals surface area contributed by atoms with Gasteiger partial charge in [-0.05, 0) is 38.5 Å². The fraction of sp³-hybridized carbons (Fsp3) is 0.286. The second kappa shape index (κ2) is 8.14. The highest BCUT2D eigenvalue weighted by molar-refractivity contribution is 7.89. The van der Waals surface area contributed by atoms with Crippen LogP contribution in [0.1, 0.15) is 16.1 Å². The van der Waals surface area contributed by atoms with Crippen LogP contribution in [0.2, 0.25) is 0 Å². The molecule has 0 aliphatic carbocycles. The average Bonchev–Trinajstić information content (AvgIpc) is 3.08. The van der Waals surface area contributed by atoms with Crippen molar-refractivity contribution in [3.63, 3.8) is 0 Å². The van der Waals surface area contributed by atoms with Crippen LogP contribution >= 0.6 is 11.3 Å². The molecule has 1 aliphatic heterocycles. The molecule has 4 rings (SSSR count). The maximum absolute atomic E-state index is 12.6. The number of sulfonamides is 1. The standard InChI is InChI=1S/C21H22N2O4S2/c1-14-4-3-5-16(12-14)21-23-15(2)20(28-21)8-9-22-29(24,25)17-6-7-18-19(13-17)27-11-10-26-18/h3-7,12-13,22H,8-11H2,1-2H3. The lowest BCUT2D eigenvalue weighted by molar-refractivity contribution is 0.171. The Morgan fingerprint density at radius 3 is 2.66 bits per heavy atom. The fourth-order valence-corrected chi connectivity index (χ4v) is 5.24. The number of thiazole rings is 1. The van der Waals surface area contributed by atoms with Gasteiger partial charge in [0.05, 0.1) is 10.6 Å². The number of ether oxygens (including phenoxy) is 2. The summed E-state index contributed by atoms with van der Waals surface area (Å²) in [7, 11) is -3.63. The molecule has 0 atom stereocenters. The third kappa shape index (κ3) is 4.44. The summed E-state index contributed by atoms with van der Waals surface area (Å²) in [5.41, 5.74) is 3.20. The molecule has 0 amide bonds. The van der Waals surface area contributed by atoms with E-state index in [4.69, 9.17) is 9.47 Å². The van der Waals surface area contributed by atoms with Crippen molar-refractivity contribution in [1.82, 2.24) is 9.71 Å². The third-order valence-corrected chi connectivity index (χ3v) is 7.35. The number of nitrogens with zero attached hydrogens (tertiary/aromatic N) is 1. The Morgan fingerprint density at radius 2 is 1.86 bits per heavy atom. The van der Waals surface area contributed by atoms with Crippen LogP contribution in [0.5, 0.6) is 11.5 Å². The zero-order valence-electron chi connectivity index (χ0n) is 16.3. The van der Waals surface area contributed by atoms with Crippen molar-refractivity contribution in [1.29, 1.82) is 0 Å². The van der Waals surface area contributed by atoms with Crippen LogP contribution in [0, 0.1) is 13.8 Å². The normalized spacial score (nSPS) is 13.4. The molecule has 1 N–H and O–H groups in total. The molecule has 6 nitrogen and oxygen atoms in total. The van der Waals surface area contributed by atoms with Gasteiger partial charge in [0.15, 0.2) is 11.5 Å². The first kappa shape index (κ1) is 19.9. The summed E-state index contributed by atoms with van der Waals surface area (Å²) < 4.78 is 38.9. The van der Waals surface area contributed by atoms with Gasteiger partial charge in [-0.2, -0.15) is 0 Å². The fourth-order valence-electron chi connectivity index (χ4n) is 3.13. The van der Waals surface area contributed by atoms with Gasteiger partial charge in [0.2, 0.25) is 10.0 Å². The van der Waals surface area contributed by atoms with Crippen molar-refractivity contribution in [3.8, 4) is 22.1 Å². The summed E-state index contributed by atoms with van der Waals surface area (Å²) in [6, 6.07) is 12.9. The molecule has 29 heavy (non-hydrogen) atoms. The molecule has 0 saturated carbocycles. The number of fused-ring (bicyclic) bond motifs is 1. The molecule has 0 saturated heterocycles. The van der Waals surface area contributed by atoms with E-state index in [1.807, 2.05) is 19.1 Å². The van der Waals surface area contributed by atoms with E-state index in [-0.39, 0.29) is 4.90 Å². The number of rotatable bonds is 6. The Balaban J connectivity index is 1.43. The van der Waals surface area contributed by atoms with Crippen molar-refractivity contribution in [2.45, 2.75) is 25.2 Å². The Morgan fingerprint density at radius 1 is 1.07 bits per heavy atom. The lowest BCUT2D eigenvalue weighted by Gasteiger charge is -2.18. The molecule has 1 aromatic heterocycles. The third-order valence-electron chi connectivity index (χ3n) is 4.63. The molecule has 152 valence electrons. The van der Waals surface area contributed by atoms with Crippen LogP contribution in [-0.2, 0) is 16.4 Å². The molecule has 0 unspecified atom stereocenters. The monoisotopic (exact) mass is 430 g/mol. The van der Waals surface area contributed by atoms with E-state index in [1.165, 1.54) is 17.7 Å². The van der Waals surface area contributed by atoms with Gasteiger partial charge in [-0.15, -0.1) is 11.3 Å². The highest BCUT2D eigenvalue weighted by Gasteiger charge is 2.19. The van der Waals surface area contributed by atoms with Crippen LogP contribution < -0.4 is 14.2 Å². The van der Waals surface area contributed by atoms with Gasteiger partial charge in [0.1, 0.15) is 18.2 Å². The van der Waals surface area contributed by atoms with E-state index in [1.54, 1.807) is 17.4 Å². The van der Waals surface area contributed by atoms with Crippen LogP contribution in [0.4, 0.5) is 0 Å². The number of aromatic nitrogens is 1. The zero-order chi connectivity index (χ0) is 20.4. The largest absolute Gasteiger partial charge is 0.486 e. The lowest BCUT2D eigenvalue weighted by Crippen LogP contribution is -2.26. The zero-order valence-corrected chi connectivity index (χ0v) is 17.9. The summed E-state index contributed by atoms with van der Waals surface area (Å²) in [5, 5.41) is 0.955. The number of hydrogen-bond donors (Lipinski definition) is 1. The Hall–Kier alpha value is -2.42. The van der Waals surface area contributed by atoms with Gasteiger partial charge in [-0.3, -0.25) is 0 Å². The molecule has 0 radical (unpaired) electrons. The molecule has 0 bridgehead atoms. The first-order valence-electron chi connectivity index (χ1n) is 9.35. The van der Waals surface area contributed by atoms with Gasteiger partial charge in [0, 0.05) is 23.1 Å². The van der Waals surface area contributed by atoms with Crippen molar-refractivity contribution in [2.75, 3.05) is 19.8 Å². The second-order valence-corrected chi connectivity index (χ2v) is 9.70. The minimum absolute atomic E-state index is 0.170. The van der Waals surface area contributed by atoms with Crippen molar-refractivity contribution >= 4 is 21.4 Å². The summed E-state index contributed by atoms with van der Waals surface area (Å²) in [5.74, 6) is 1.03. The minimum atomic E-state index is -3.63. The van der Waals surface area contributed by atoms with Crippen LogP contribution in [-0.4, -0.2) is 33.2 Å². The van der Waals surface area contributed by atoms with Crippen LogP contribution in [0.15, 0.2) is 47.4 Å². The molecule has 8 heteroatoms. The Kier molecular flexibility index (Phi) is 5.58. The van der Waals surface area contributed by atoms with Gasteiger partial charge < -0.3 is 9.47 Å². The number of hydrogen-bond acceptors (Lipinski definition) is 6. The molecule has 3 aromatic rings. The molecule has 2 heterocycles. The summed E-state index contributed by atoms with van der Waals surface area (Å²) in [4.78, 5) is 5.90. The van der Waals surface area contributed by atoms with E-state index >= 15 is 0 Å². The maximum atomic E-state index is 12.6. The SMILES string of the molecule is Cc1cccc(-c2nc(C)c(CCNS(=O)(=O)c3ccc4c(c3)OCCO4)s2)c1. The highest BCUT2D eigenvalue weighted by Crippen LogP contribution is 2.32. The number of nitrogens with one attached hydrogen (secondary N) is 1. The molecule has 0 fully saturated rings. The average molecular weight is 431 g/mol. The number of benzene rings is 2. The smallest absolute Gasteiger partial charge is 0.240 e. The quantitative estimate of drug-likeness (QED) is 0.645. The first-order chi connectivity index (χ1) is 13.9. The summed E-state index contributed by atoms with van der Waals surface area (Å²) >= 11 is 1.60. The molecular formula is C21H22N2O4S2. The second-order valence-electron chi connectivity index (χ2n) is 6.85. The summed E-state index contributed by atoms with van der Waals surface area (Å²) in [6.07, 6.45) is 0.582. The minimum Gasteiger partial charge on any atom is -0.486 e.